The Hall–Kier alpha value is -3.25. The number of nitrogens with zero attached hydrogens (tertiary/aromatic N) is 5. The summed E-state index contributed by atoms with van der Waals surface area (Å²) in [5, 5.41) is 16.7. The summed E-state index contributed by atoms with van der Waals surface area (Å²) in [5.41, 5.74) is 1.97. The molecule has 0 spiro atoms. The molecule has 0 N–H and O–H groups in total. The second-order valence-electron chi connectivity index (χ2n) is 9.85. The van der Waals surface area contributed by atoms with Gasteiger partial charge in [-0.05, 0) is 66.9 Å². The number of carbonyl (C=O) groups excluding carboxylic acids is 2. The molecule has 0 unspecified atom stereocenters. The fourth-order valence-electron chi connectivity index (χ4n) is 5.32. The highest BCUT2D eigenvalue weighted by Crippen LogP contribution is 2.27. The molecule has 206 valence electrons. The number of hydrogen-bond donors (Lipinski definition) is 0. The third kappa shape index (κ3) is 5.86. The third-order valence-corrected chi connectivity index (χ3v) is 9.38. The maximum atomic E-state index is 13.4. The fourth-order valence-corrected chi connectivity index (χ4v) is 6.91. The Morgan fingerprint density at radius 3 is 2.46 bits per heavy atom. The molecule has 1 amide bonds. The Bertz CT molecular complexity index is 1510. The van der Waals surface area contributed by atoms with Crippen LogP contribution in [0, 0.1) is 6.92 Å². The lowest BCUT2D eigenvalue weighted by atomic mass is 10.0. The number of hydrogen-bond acceptors (Lipinski definition) is 8. The maximum absolute atomic E-state index is 13.4. The molecule has 2 aliphatic heterocycles. The Morgan fingerprint density at radius 1 is 1.05 bits per heavy atom. The summed E-state index contributed by atoms with van der Waals surface area (Å²) in [6, 6.07) is 13.7. The van der Waals surface area contributed by atoms with Gasteiger partial charge in [-0.1, -0.05) is 23.7 Å². The van der Waals surface area contributed by atoms with Crippen molar-refractivity contribution in [3.05, 3.63) is 65.4 Å². The van der Waals surface area contributed by atoms with Gasteiger partial charge < -0.3 is 14.8 Å². The van der Waals surface area contributed by atoms with E-state index in [9.17, 15) is 23.1 Å². The zero-order chi connectivity index (χ0) is 27.7. The van der Waals surface area contributed by atoms with Crippen molar-refractivity contribution < 1.29 is 23.1 Å². The average molecular weight is 571 g/mol. The van der Waals surface area contributed by atoms with Gasteiger partial charge in [-0.3, -0.25) is 14.8 Å². The van der Waals surface area contributed by atoms with E-state index in [1.807, 2.05) is 19.1 Å². The number of piperazine rings is 1. The second kappa shape index (κ2) is 11.1. The predicted octanol–water partition coefficient (Wildman–Crippen LogP) is 1.67. The Labute approximate surface area is 232 Å². The summed E-state index contributed by atoms with van der Waals surface area (Å²) in [6.45, 7) is 2.59. The number of fused-ring (bicyclic) bond motifs is 1. The molecule has 1 aromatic heterocycles. The number of pyridine rings is 1. The first-order chi connectivity index (χ1) is 18.6. The summed E-state index contributed by atoms with van der Waals surface area (Å²) in [4.78, 5) is 31.4. The van der Waals surface area contributed by atoms with Crippen LogP contribution in [0.25, 0.3) is 10.8 Å². The van der Waals surface area contributed by atoms with Crippen LogP contribution in [-0.2, 0) is 19.6 Å². The molecule has 0 saturated carbocycles. The highest BCUT2D eigenvalue weighted by molar-refractivity contribution is 7.89. The number of hydrazine groups is 1. The van der Waals surface area contributed by atoms with E-state index in [1.54, 1.807) is 41.5 Å². The van der Waals surface area contributed by atoms with E-state index in [1.165, 1.54) is 11.1 Å². The van der Waals surface area contributed by atoms with Crippen molar-refractivity contribution in [2.24, 2.45) is 0 Å². The van der Waals surface area contributed by atoms with Gasteiger partial charge in [0, 0.05) is 48.3 Å². The van der Waals surface area contributed by atoms with Crippen LogP contribution in [-0.4, -0.2) is 84.9 Å². The van der Waals surface area contributed by atoms with Gasteiger partial charge in [0.15, 0.2) is 0 Å². The van der Waals surface area contributed by atoms with Gasteiger partial charge in [-0.2, -0.15) is 4.31 Å². The van der Waals surface area contributed by atoms with E-state index in [0.717, 1.165) is 26.5 Å². The lowest BCUT2D eigenvalue weighted by molar-refractivity contribution is -0.309. The van der Waals surface area contributed by atoms with Crippen LogP contribution in [0.3, 0.4) is 0 Å². The van der Waals surface area contributed by atoms with Gasteiger partial charge in [0.25, 0.3) is 5.91 Å². The Balaban J connectivity index is 1.28. The Morgan fingerprint density at radius 2 is 1.77 bits per heavy atom. The molecule has 2 aromatic carbocycles. The number of piperidine rings is 1. The van der Waals surface area contributed by atoms with E-state index >= 15 is 0 Å². The topological polar surface area (TPSA) is 117 Å². The first kappa shape index (κ1) is 27.3. The van der Waals surface area contributed by atoms with Crippen LogP contribution in [0.4, 0.5) is 5.69 Å². The number of carboxylic acid groups (broad SMARTS) is 1. The first-order valence-electron chi connectivity index (χ1n) is 12.8. The summed E-state index contributed by atoms with van der Waals surface area (Å²) in [7, 11) is -3.94. The van der Waals surface area contributed by atoms with Crippen LogP contribution in [0.15, 0.2) is 59.6 Å². The van der Waals surface area contributed by atoms with Crippen molar-refractivity contribution in [3.63, 3.8) is 0 Å². The number of carboxylic acids is 1. The first-order valence-corrected chi connectivity index (χ1v) is 14.6. The maximum Gasteiger partial charge on any atom is 0.252 e. The van der Waals surface area contributed by atoms with Crippen molar-refractivity contribution >= 4 is 50.0 Å². The normalized spacial score (nSPS) is 17.8. The summed E-state index contributed by atoms with van der Waals surface area (Å²) in [6.07, 6.45) is 3.04. The molecular formula is C27H29ClN5O5S-. The molecule has 0 bridgehead atoms. The number of anilines is 1. The molecule has 5 rings (SSSR count). The van der Waals surface area contributed by atoms with Crippen molar-refractivity contribution in [1.82, 2.24) is 19.3 Å². The number of aryl methyl sites for hydroxylation is 1. The molecule has 10 nitrogen and oxygen atoms in total. The van der Waals surface area contributed by atoms with Crippen LogP contribution in [0.2, 0.25) is 5.02 Å². The van der Waals surface area contributed by atoms with E-state index in [-0.39, 0.29) is 30.6 Å². The number of carbonyl (C=O) groups is 2. The van der Waals surface area contributed by atoms with Crippen LogP contribution in [0.5, 0.6) is 0 Å². The SMILES string of the molecule is Cc1cc(N2CCC(N(CC(=O)[O-])N3CCN(S(=O)(=O)c4ccc5cc(Cl)ccc5c4)CC3=O)CC2)ccn1. The van der Waals surface area contributed by atoms with Crippen LogP contribution in [0.1, 0.15) is 18.5 Å². The monoisotopic (exact) mass is 570 g/mol. The van der Waals surface area contributed by atoms with Gasteiger partial charge in [0.2, 0.25) is 10.0 Å². The molecule has 2 saturated heterocycles. The van der Waals surface area contributed by atoms with Crippen molar-refractivity contribution in [1.29, 1.82) is 0 Å². The molecule has 2 fully saturated rings. The minimum absolute atomic E-state index is 0.0470. The van der Waals surface area contributed by atoms with Crippen LogP contribution < -0.4 is 10.0 Å². The molecule has 0 radical (unpaired) electrons. The molecule has 2 aliphatic rings. The minimum atomic E-state index is -3.94. The quantitative estimate of drug-likeness (QED) is 0.421. The van der Waals surface area contributed by atoms with Crippen molar-refractivity contribution in [2.45, 2.75) is 30.7 Å². The van der Waals surface area contributed by atoms with E-state index in [2.05, 4.69) is 9.88 Å². The van der Waals surface area contributed by atoms with Crippen LogP contribution >= 0.6 is 11.6 Å². The number of rotatable bonds is 7. The van der Waals surface area contributed by atoms with Gasteiger partial charge >= 0.3 is 0 Å². The number of aromatic nitrogens is 1. The Kier molecular flexibility index (Phi) is 7.77. The van der Waals surface area contributed by atoms with E-state index in [0.29, 0.717) is 31.0 Å². The zero-order valence-corrected chi connectivity index (χ0v) is 23.1. The minimum Gasteiger partial charge on any atom is -0.549 e. The predicted molar refractivity (Wildman–Crippen MR) is 145 cm³/mol. The summed E-state index contributed by atoms with van der Waals surface area (Å²) >= 11 is 6.04. The highest BCUT2D eigenvalue weighted by atomic mass is 35.5. The number of amides is 1. The number of aliphatic carboxylic acids is 1. The van der Waals surface area contributed by atoms with Gasteiger partial charge in [-0.15, -0.1) is 0 Å². The van der Waals surface area contributed by atoms with Crippen molar-refractivity contribution in [2.75, 3.05) is 44.2 Å². The van der Waals surface area contributed by atoms with Crippen molar-refractivity contribution in [3.8, 4) is 0 Å². The summed E-state index contributed by atoms with van der Waals surface area (Å²) < 4.78 is 27.9. The highest BCUT2D eigenvalue weighted by Gasteiger charge is 2.38. The molecular weight excluding hydrogens is 542 g/mol. The van der Waals surface area contributed by atoms with Gasteiger partial charge in [0.1, 0.15) is 0 Å². The molecule has 12 heteroatoms. The summed E-state index contributed by atoms with van der Waals surface area (Å²) in [5.74, 6) is -1.76. The second-order valence-corrected chi connectivity index (χ2v) is 12.2. The number of benzene rings is 2. The zero-order valence-electron chi connectivity index (χ0n) is 21.5. The fraction of sp³-hybridized carbons (Fsp3) is 0.370. The molecule has 39 heavy (non-hydrogen) atoms. The number of sulfonamides is 1. The lowest BCUT2D eigenvalue weighted by Gasteiger charge is -2.46. The lowest BCUT2D eigenvalue weighted by Crippen LogP contribution is -2.63. The smallest absolute Gasteiger partial charge is 0.252 e. The third-order valence-electron chi connectivity index (χ3n) is 7.30. The van der Waals surface area contributed by atoms with Gasteiger partial charge in [-0.25, -0.2) is 13.4 Å². The molecule has 0 aliphatic carbocycles. The molecule has 3 heterocycles. The van der Waals surface area contributed by atoms with Gasteiger partial charge in [0.05, 0.1) is 30.5 Å². The van der Waals surface area contributed by atoms with E-state index in [4.69, 9.17) is 11.6 Å². The largest absolute Gasteiger partial charge is 0.549 e. The molecule has 3 aromatic rings. The molecule has 0 atom stereocenters. The standard InChI is InChI=1S/C27H30ClN5O5S/c1-19-14-24(6-9-29-19)30-10-7-23(8-11-30)33(18-27(35)36)32-13-12-31(17-26(32)34)39(37,38)25-5-3-20-15-22(28)4-2-21(20)16-25/h2-6,9,14-16,23H,7-8,10-13,17-18H2,1H3,(H,35,36)/p-1. The van der Waals surface area contributed by atoms with E-state index < -0.39 is 28.4 Å². The number of halogens is 1. The average Bonchev–Trinajstić information content (AvgIpc) is 2.91.